The van der Waals surface area contributed by atoms with Crippen LogP contribution in [0.3, 0.4) is 0 Å². The Morgan fingerprint density at radius 3 is 2.50 bits per heavy atom. The lowest BCUT2D eigenvalue weighted by Gasteiger charge is -2.29. The minimum atomic E-state index is -2.99. The predicted octanol–water partition coefficient (Wildman–Crippen LogP) is 4.02. The number of likely N-dealkylation sites (tertiary alicyclic amines) is 1. The Morgan fingerprint density at radius 2 is 1.83 bits per heavy atom. The van der Waals surface area contributed by atoms with E-state index >= 15 is 0 Å². The normalized spacial score (nSPS) is 20.4. The van der Waals surface area contributed by atoms with Crippen molar-refractivity contribution in [3.63, 3.8) is 0 Å². The number of nitrogens with zero attached hydrogens (tertiary/aromatic N) is 1. The van der Waals surface area contributed by atoms with Crippen LogP contribution in [0.25, 0.3) is 0 Å². The summed E-state index contributed by atoms with van der Waals surface area (Å²) in [6.45, 7) is 0.324. The van der Waals surface area contributed by atoms with Crippen LogP contribution in [0.5, 0.6) is 5.75 Å². The topological polar surface area (TPSA) is 29.5 Å². The van der Waals surface area contributed by atoms with Crippen LogP contribution in [0, 0.1) is 0 Å². The molecule has 0 spiro atoms. The van der Waals surface area contributed by atoms with Crippen LogP contribution < -0.4 is 4.74 Å². The van der Waals surface area contributed by atoms with Gasteiger partial charge < -0.3 is 9.64 Å². The molecule has 0 aliphatic carbocycles. The number of hydrogen-bond acceptors (Lipinski definition) is 2. The number of carbonyl (C=O) groups is 1. The van der Waals surface area contributed by atoms with E-state index in [4.69, 9.17) is 4.74 Å². The van der Waals surface area contributed by atoms with Gasteiger partial charge >= 0.3 is 6.43 Å². The molecule has 0 saturated carbocycles. The smallest absolute Gasteiger partial charge is 0.315 e. The minimum Gasteiger partial charge on any atom is -0.497 e. The van der Waals surface area contributed by atoms with Gasteiger partial charge in [-0.3, -0.25) is 4.79 Å². The number of amides is 1. The molecule has 2 aromatic rings. The molecular formula is C19H19F2NO2. The molecule has 0 bridgehead atoms. The van der Waals surface area contributed by atoms with E-state index in [1.807, 2.05) is 48.5 Å². The highest BCUT2D eigenvalue weighted by atomic mass is 19.3. The zero-order chi connectivity index (χ0) is 17.1. The summed E-state index contributed by atoms with van der Waals surface area (Å²) in [5.74, 6) is -0.474. The first-order valence-corrected chi connectivity index (χ1v) is 7.89. The molecule has 1 fully saturated rings. The van der Waals surface area contributed by atoms with E-state index in [0.29, 0.717) is 18.7 Å². The van der Waals surface area contributed by atoms with Gasteiger partial charge in [0.1, 0.15) is 5.75 Å². The van der Waals surface area contributed by atoms with Crippen LogP contribution in [0.4, 0.5) is 8.78 Å². The lowest BCUT2D eigenvalue weighted by atomic mass is 9.87. The summed E-state index contributed by atoms with van der Waals surface area (Å²) in [6, 6.07) is 16.6. The van der Waals surface area contributed by atoms with Gasteiger partial charge in [-0.25, -0.2) is 0 Å². The molecule has 1 aliphatic heterocycles. The first-order chi connectivity index (χ1) is 11.6. The van der Waals surface area contributed by atoms with Crippen molar-refractivity contribution in [3.8, 4) is 5.75 Å². The van der Waals surface area contributed by atoms with Crippen molar-refractivity contribution in [3.05, 3.63) is 65.7 Å². The van der Waals surface area contributed by atoms with Crippen LogP contribution in [-0.2, 0) is 4.79 Å². The van der Waals surface area contributed by atoms with E-state index in [1.54, 1.807) is 13.2 Å². The quantitative estimate of drug-likeness (QED) is 0.847. The Bertz CT molecular complexity index is 706. The van der Waals surface area contributed by atoms with Gasteiger partial charge in [-0.1, -0.05) is 42.5 Å². The summed E-state index contributed by atoms with van der Waals surface area (Å²) in [4.78, 5) is 13.3. The second-order valence-electron chi connectivity index (χ2n) is 5.86. The predicted molar refractivity (Wildman–Crippen MR) is 87.3 cm³/mol. The van der Waals surface area contributed by atoms with E-state index in [9.17, 15) is 13.6 Å². The summed E-state index contributed by atoms with van der Waals surface area (Å²) < 4.78 is 31.3. The van der Waals surface area contributed by atoms with E-state index in [0.717, 1.165) is 11.1 Å². The number of alkyl halides is 2. The largest absolute Gasteiger partial charge is 0.497 e. The standard InChI is InChI=1S/C19H19F2NO2/c1-24-15-9-5-8-14(12-15)17-16(13-6-3-2-4-7-13)10-11-22(17)19(23)18(20)21/h2-9,12,16-18H,10-11H2,1H3/t16-,17-/m0/s1. The summed E-state index contributed by atoms with van der Waals surface area (Å²) in [5.41, 5.74) is 1.87. The number of methoxy groups -OCH3 is 1. The summed E-state index contributed by atoms with van der Waals surface area (Å²) in [5, 5.41) is 0. The van der Waals surface area contributed by atoms with Crippen LogP contribution in [0.1, 0.15) is 29.5 Å². The molecule has 1 saturated heterocycles. The third-order valence-corrected chi connectivity index (χ3v) is 4.53. The lowest BCUT2D eigenvalue weighted by Crippen LogP contribution is -2.36. The molecule has 1 amide bonds. The Hall–Kier alpha value is -2.43. The van der Waals surface area contributed by atoms with Gasteiger partial charge in [-0.05, 0) is 29.7 Å². The number of benzene rings is 2. The Kier molecular flexibility index (Phi) is 4.79. The van der Waals surface area contributed by atoms with Crippen molar-refractivity contribution in [1.82, 2.24) is 4.90 Å². The molecule has 1 heterocycles. The van der Waals surface area contributed by atoms with Gasteiger partial charge in [0.2, 0.25) is 0 Å². The Morgan fingerprint density at radius 1 is 1.12 bits per heavy atom. The molecule has 2 aromatic carbocycles. The van der Waals surface area contributed by atoms with Gasteiger partial charge in [0, 0.05) is 12.5 Å². The van der Waals surface area contributed by atoms with Crippen molar-refractivity contribution in [2.45, 2.75) is 24.8 Å². The van der Waals surface area contributed by atoms with Crippen molar-refractivity contribution in [2.75, 3.05) is 13.7 Å². The highest BCUT2D eigenvalue weighted by molar-refractivity contribution is 5.80. The van der Waals surface area contributed by atoms with Crippen molar-refractivity contribution in [2.24, 2.45) is 0 Å². The van der Waals surface area contributed by atoms with Crippen LogP contribution in [-0.4, -0.2) is 30.9 Å². The maximum absolute atomic E-state index is 13.0. The fraction of sp³-hybridized carbons (Fsp3) is 0.316. The third-order valence-electron chi connectivity index (χ3n) is 4.53. The minimum absolute atomic E-state index is 0.0130. The van der Waals surface area contributed by atoms with Gasteiger partial charge in [0.25, 0.3) is 5.91 Å². The second-order valence-corrected chi connectivity index (χ2v) is 5.86. The fourth-order valence-corrected chi connectivity index (χ4v) is 3.45. The SMILES string of the molecule is COc1cccc([C@H]2[C@H](c3ccccc3)CCN2C(=O)C(F)F)c1. The first kappa shape index (κ1) is 16.4. The van der Waals surface area contributed by atoms with E-state index in [1.165, 1.54) is 4.90 Å². The van der Waals surface area contributed by atoms with Gasteiger partial charge in [-0.2, -0.15) is 8.78 Å². The van der Waals surface area contributed by atoms with Gasteiger partial charge in [-0.15, -0.1) is 0 Å². The molecule has 0 unspecified atom stereocenters. The molecule has 24 heavy (non-hydrogen) atoms. The average Bonchev–Trinajstić information content (AvgIpc) is 3.06. The molecule has 1 aliphatic rings. The summed E-state index contributed by atoms with van der Waals surface area (Å²) >= 11 is 0. The molecule has 3 nitrogen and oxygen atoms in total. The second kappa shape index (κ2) is 6.99. The number of carbonyl (C=O) groups excluding carboxylic acids is 1. The van der Waals surface area contributed by atoms with Gasteiger partial charge in [0.05, 0.1) is 13.2 Å². The van der Waals surface area contributed by atoms with Crippen LogP contribution in [0.15, 0.2) is 54.6 Å². The lowest BCUT2D eigenvalue weighted by molar-refractivity contribution is -0.144. The Labute approximate surface area is 139 Å². The number of ether oxygens (including phenoxy) is 1. The zero-order valence-electron chi connectivity index (χ0n) is 13.4. The molecule has 0 aromatic heterocycles. The number of hydrogen-bond donors (Lipinski definition) is 0. The molecule has 5 heteroatoms. The average molecular weight is 331 g/mol. The van der Waals surface area contributed by atoms with Crippen molar-refractivity contribution < 1.29 is 18.3 Å². The summed E-state index contributed by atoms with van der Waals surface area (Å²) in [7, 11) is 1.56. The van der Waals surface area contributed by atoms with E-state index < -0.39 is 18.4 Å². The van der Waals surface area contributed by atoms with Crippen molar-refractivity contribution in [1.29, 1.82) is 0 Å². The van der Waals surface area contributed by atoms with E-state index in [-0.39, 0.29) is 5.92 Å². The monoisotopic (exact) mass is 331 g/mol. The number of rotatable bonds is 4. The fourth-order valence-electron chi connectivity index (χ4n) is 3.45. The molecule has 2 atom stereocenters. The first-order valence-electron chi connectivity index (χ1n) is 7.89. The van der Waals surface area contributed by atoms with Crippen LogP contribution >= 0.6 is 0 Å². The maximum atomic E-state index is 13.0. The van der Waals surface area contributed by atoms with Crippen molar-refractivity contribution >= 4 is 5.91 Å². The molecule has 0 N–H and O–H groups in total. The molecule has 3 rings (SSSR count). The highest BCUT2D eigenvalue weighted by Crippen LogP contribution is 2.44. The summed E-state index contributed by atoms with van der Waals surface area (Å²) in [6.07, 6.45) is -2.34. The maximum Gasteiger partial charge on any atom is 0.315 e. The number of halogens is 2. The molecule has 0 radical (unpaired) electrons. The highest BCUT2D eigenvalue weighted by Gasteiger charge is 2.41. The Balaban J connectivity index is 2.02. The zero-order valence-corrected chi connectivity index (χ0v) is 13.4. The molecular weight excluding hydrogens is 312 g/mol. The van der Waals surface area contributed by atoms with Gasteiger partial charge in [0.15, 0.2) is 0 Å². The van der Waals surface area contributed by atoms with Crippen LogP contribution in [0.2, 0.25) is 0 Å². The van der Waals surface area contributed by atoms with E-state index in [2.05, 4.69) is 0 Å². The molecule has 126 valence electrons. The third kappa shape index (κ3) is 3.11.